The summed E-state index contributed by atoms with van der Waals surface area (Å²) in [4.78, 5) is 0.386. The molecule has 0 aromatic heterocycles. The van der Waals surface area contributed by atoms with Gasteiger partial charge in [0.2, 0.25) is 10.0 Å². The summed E-state index contributed by atoms with van der Waals surface area (Å²) in [5.74, 6) is 0. The van der Waals surface area contributed by atoms with Crippen molar-refractivity contribution in [1.82, 2.24) is 9.62 Å². The van der Waals surface area contributed by atoms with Gasteiger partial charge >= 0.3 is 0 Å². The third kappa shape index (κ3) is 2.86. The van der Waals surface area contributed by atoms with E-state index < -0.39 is 15.6 Å². The number of benzene rings is 1. The van der Waals surface area contributed by atoms with Crippen LogP contribution in [0.15, 0.2) is 27.6 Å². The molecular formula is C13H19BrN2O2S. The minimum atomic E-state index is -3.46. The number of hydrogen-bond acceptors (Lipinski definition) is 3. The molecule has 106 valence electrons. The SMILES string of the molecule is Cc1ccc(Br)cc1S(=O)(=O)N1CCNCC1(C)C. The Morgan fingerprint density at radius 1 is 1.37 bits per heavy atom. The highest BCUT2D eigenvalue weighted by atomic mass is 79.9. The monoisotopic (exact) mass is 346 g/mol. The Labute approximate surface area is 123 Å². The van der Waals surface area contributed by atoms with Crippen molar-refractivity contribution in [2.24, 2.45) is 0 Å². The van der Waals surface area contributed by atoms with Gasteiger partial charge in [0.15, 0.2) is 0 Å². The number of piperazine rings is 1. The number of rotatable bonds is 2. The molecule has 1 aromatic carbocycles. The lowest BCUT2D eigenvalue weighted by molar-refractivity contribution is 0.186. The van der Waals surface area contributed by atoms with Crippen molar-refractivity contribution < 1.29 is 8.42 Å². The van der Waals surface area contributed by atoms with Crippen LogP contribution in [0.5, 0.6) is 0 Å². The largest absolute Gasteiger partial charge is 0.314 e. The number of hydrogen-bond donors (Lipinski definition) is 1. The van der Waals surface area contributed by atoms with Crippen molar-refractivity contribution in [2.45, 2.75) is 31.2 Å². The van der Waals surface area contributed by atoms with E-state index >= 15 is 0 Å². The Morgan fingerprint density at radius 3 is 2.68 bits per heavy atom. The first-order chi connectivity index (χ1) is 8.75. The third-order valence-electron chi connectivity index (χ3n) is 3.44. The summed E-state index contributed by atoms with van der Waals surface area (Å²) >= 11 is 3.35. The van der Waals surface area contributed by atoms with Crippen molar-refractivity contribution in [3.8, 4) is 0 Å². The zero-order chi connectivity index (χ0) is 14.3. The van der Waals surface area contributed by atoms with E-state index in [1.165, 1.54) is 0 Å². The molecule has 1 N–H and O–H groups in total. The summed E-state index contributed by atoms with van der Waals surface area (Å²) < 4.78 is 28.1. The van der Waals surface area contributed by atoms with Gasteiger partial charge in [-0.2, -0.15) is 4.31 Å². The van der Waals surface area contributed by atoms with E-state index in [9.17, 15) is 8.42 Å². The van der Waals surface area contributed by atoms with E-state index in [1.54, 1.807) is 10.4 Å². The second-order valence-corrected chi connectivity index (χ2v) is 8.22. The predicted molar refractivity (Wildman–Crippen MR) is 79.7 cm³/mol. The van der Waals surface area contributed by atoms with E-state index in [4.69, 9.17) is 0 Å². The average Bonchev–Trinajstić information content (AvgIpc) is 2.31. The van der Waals surface area contributed by atoms with Crippen LogP contribution in [0.25, 0.3) is 0 Å². The lowest BCUT2D eigenvalue weighted by atomic mass is 10.0. The maximum absolute atomic E-state index is 12.9. The minimum absolute atomic E-state index is 0.386. The molecule has 1 aliphatic heterocycles. The van der Waals surface area contributed by atoms with Gasteiger partial charge in [0, 0.05) is 29.6 Å². The maximum atomic E-state index is 12.9. The maximum Gasteiger partial charge on any atom is 0.243 e. The van der Waals surface area contributed by atoms with E-state index in [0.717, 1.165) is 10.0 Å². The van der Waals surface area contributed by atoms with Gasteiger partial charge in [-0.15, -0.1) is 0 Å². The lowest BCUT2D eigenvalue weighted by Gasteiger charge is -2.41. The highest BCUT2D eigenvalue weighted by Crippen LogP contribution is 2.29. The van der Waals surface area contributed by atoms with Crippen molar-refractivity contribution in [3.63, 3.8) is 0 Å². The molecule has 2 rings (SSSR count). The number of sulfonamides is 1. The first-order valence-corrected chi connectivity index (χ1v) is 8.48. The fourth-order valence-corrected chi connectivity index (χ4v) is 4.93. The Hall–Kier alpha value is -0.430. The van der Waals surface area contributed by atoms with Gasteiger partial charge in [0.25, 0.3) is 0 Å². The fourth-order valence-electron chi connectivity index (χ4n) is 2.38. The Kier molecular flexibility index (Phi) is 4.07. The summed E-state index contributed by atoms with van der Waals surface area (Å²) in [6.07, 6.45) is 0. The van der Waals surface area contributed by atoms with Crippen molar-refractivity contribution in [1.29, 1.82) is 0 Å². The molecule has 4 nitrogen and oxygen atoms in total. The zero-order valence-electron chi connectivity index (χ0n) is 11.4. The van der Waals surface area contributed by atoms with Gasteiger partial charge in [-0.3, -0.25) is 0 Å². The van der Waals surface area contributed by atoms with Gasteiger partial charge in [-0.1, -0.05) is 22.0 Å². The minimum Gasteiger partial charge on any atom is -0.314 e. The standard InChI is InChI=1S/C13H19BrN2O2S/c1-10-4-5-11(14)8-12(10)19(17,18)16-7-6-15-9-13(16,2)3/h4-5,8,15H,6-7,9H2,1-3H3. The average molecular weight is 347 g/mol. The van der Waals surface area contributed by atoms with E-state index in [-0.39, 0.29) is 0 Å². The van der Waals surface area contributed by atoms with Crippen LogP contribution in [0.1, 0.15) is 19.4 Å². The van der Waals surface area contributed by atoms with Gasteiger partial charge in [0.05, 0.1) is 4.90 Å². The predicted octanol–water partition coefficient (Wildman–Crippen LogP) is 2.13. The highest BCUT2D eigenvalue weighted by molar-refractivity contribution is 9.10. The first-order valence-electron chi connectivity index (χ1n) is 6.25. The Balaban J connectivity index is 2.50. The molecule has 0 unspecified atom stereocenters. The van der Waals surface area contributed by atoms with Gasteiger partial charge in [-0.25, -0.2) is 8.42 Å². The molecular weight excluding hydrogens is 328 g/mol. The Bertz CT molecular complexity index is 584. The molecule has 19 heavy (non-hydrogen) atoms. The zero-order valence-corrected chi connectivity index (χ0v) is 13.8. The summed E-state index contributed by atoms with van der Waals surface area (Å²) in [6, 6.07) is 5.37. The molecule has 1 aromatic rings. The molecule has 1 saturated heterocycles. The molecule has 0 saturated carbocycles. The summed E-state index contributed by atoms with van der Waals surface area (Å²) in [5.41, 5.74) is 0.365. The highest BCUT2D eigenvalue weighted by Gasteiger charge is 2.39. The van der Waals surface area contributed by atoms with Crippen LogP contribution in [-0.2, 0) is 10.0 Å². The normalized spacial score (nSPS) is 20.4. The number of aryl methyl sites for hydroxylation is 1. The van der Waals surface area contributed by atoms with Crippen LogP contribution in [0.4, 0.5) is 0 Å². The lowest BCUT2D eigenvalue weighted by Crippen LogP contribution is -2.59. The molecule has 1 aliphatic rings. The number of nitrogens with zero attached hydrogens (tertiary/aromatic N) is 1. The van der Waals surface area contributed by atoms with Crippen LogP contribution < -0.4 is 5.32 Å². The second-order valence-electron chi connectivity index (χ2n) is 5.48. The van der Waals surface area contributed by atoms with Crippen molar-refractivity contribution in [3.05, 3.63) is 28.2 Å². The van der Waals surface area contributed by atoms with Crippen LogP contribution in [0.2, 0.25) is 0 Å². The summed E-state index contributed by atoms with van der Waals surface area (Å²) in [6.45, 7) is 7.58. The van der Waals surface area contributed by atoms with Crippen LogP contribution in [0, 0.1) is 6.92 Å². The molecule has 0 amide bonds. The molecule has 1 fully saturated rings. The fraction of sp³-hybridized carbons (Fsp3) is 0.538. The van der Waals surface area contributed by atoms with Crippen LogP contribution >= 0.6 is 15.9 Å². The molecule has 0 atom stereocenters. The van der Waals surface area contributed by atoms with E-state index in [2.05, 4.69) is 21.2 Å². The molecule has 0 radical (unpaired) electrons. The number of nitrogens with one attached hydrogen (secondary N) is 1. The Morgan fingerprint density at radius 2 is 2.05 bits per heavy atom. The van der Waals surface area contributed by atoms with Crippen LogP contribution in [-0.4, -0.2) is 37.9 Å². The number of halogens is 1. The van der Waals surface area contributed by atoms with E-state index in [1.807, 2.05) is 32.9 Å². The molecule has 6 heteroatoms. The van der Waals surface area contributed by atoms with Gasteiger partial charge in [-0.05, 0) is 38.5 Å². The topological polar surface area (TPSA) is 49.4 Å². The van der Waals surface area contributed by atoms with Gasteiger partial charge in [0.1, 0.15) is 0 Å². The van der Waals surface area contributed by atoms with Gasteiger partial charge < -0.3 is 5.32 Å². The van der Waals surface area contributed by atoms with Crippen molar-refractivity contribution >= 4 is 26.0 Å². The summed E-state index contributed by atoms with van der Waals surface area (Å²) in [7, 11) is -3.46. The van der Waals surface area contributed by atoms with E-state index in [0.29, 0.717) is 24.5 Å². The molecule has 1 heterocycles. The molecule has 0 aliphatic carbocycles. The third-order valence-corrected chi connectivity index (χ3v) is 6.19. The molecule has 0 bridgehead atoms. The quantitative estimate of drug-likeness (QED) is 0.892. The smallest absolute Gasteiger partial charge is 0.243 e. The summed E-state index contributed by atoms with van der Waals surface area (Å²) in [5, 5.41) is 3.24. The second kappa shape index (κ2) is 5.16. The molecule has 0 spiro atoms. The van der Waals surface area contributed by atoms with Crippen molar-refractivity contribution in [2.75, 3.05) is 19.6 Å². The first kappa shape index (κ1) is 15.0. The van der Waals surface area contributed by atoms with Crippen LogP contribution in [0.3, 0.4) is 0 Å².